The van der Waals surface area contributed by atoms with Gasteiger partial charge in [0.15, 0.2) is 0 Å². The lowest BCUT2D eigenvalue weighted by Crippen LogP contribution is -2.41. The van der Waals surface area contributed by atoms with Crippen LogP contribution in [0.1, 0.15) is 46.0 Å². The van der Waals surface area contributed by atoms with Gasteiger partial charge in [-0.15, -0.1) is 5.10 Å². The molecule has 1 aromatic carbocycles. The number of anilines is 1. The fourth-order valence-corrected chi connectivity index (χ4v) is 3.32. The van der Waals surface area contributed by atoms with E-state index in [4.69, 9.17) is 9.47 Å². The fraction of sp³-hybridized carbons (Fsp3) is 0.565. The van der Waals surface area contributed by atoms with Crippen molar-refractivity contribution in [2.45, 2.75) is 64.3 Å². The molecule has 0 aliphatic rings. The summed E-state index contributed by atoms with van der Waals surface area (Å²) in [5, 5.41) is 16.1. The monoisotopic (exact) mass is 516 g/mol. The van der Waals surface area contributed by atoms with Crippen molar-refractivity contribution in [2.24, 2.45) is 7.05 Å². The Morgan fingerprint density at radius 3 is 2.33 bits per heavy atom. The molecular formula is C23H31F3N4O6. The number of carboxylic acids is 1. The molecule has 0 spiro atoms. The first kappa shape index (κ1) is 28.7. The van der Waals surface area contributed by atoms with Crippen molar-refractivity contribution in [3.05, 3.63) is 45.1 Å². The average Bonchev–Trinajstić information content (AvgIpc) is 2.80. The largest absolute Gasteiger partial charge is 0.494 e. The minimum Gasteiger partial charge on any atom is -0.494 e. The van der Waals surface area contributed by atoms with Crippen LogP contribution in [0.25, 0.3) is 0 Å². The minimum atomic E-state index is -4.34. The van der Waals surface area contributed by atoms with Crippen molar-refractivity contribution in [1.29, 1.82) is 0 Å². The third kappa shape index (κ3) is 8.31. The third-order valence-corrected chi connectivity index (χ3v) is 5.29. The highest BCUT2D eigenvalue weighted by molar-refractivity contribution is 5.77. The van der Waals surface area contributed by atoms with Gasteiger partial charge in [-0.25, -0.2) is 14.3 Å². The Balaban J connectivity index is 1.87. The Hall–Kier alpha value is -3.51. The third-order valence-electron chi connectivity index (χ3n) is 5.29. The zero-order valence-corrected chi connectivity index (χ0v) is 20.4. The van der Waals surface area contributed by atoms with Crippen LogP contribution in [0, 0.1) is 0 Å². The van der Waals surface area contributed by atoms with Crippen LogP contribution in [0.2, 0.25) is 0 Å². The zero-order valence-electron chi connectivity index (χ0n) is 20.4. The summed E-state index contributed by atoms with van der Waals surface area (Å²) in [6.07, 6.45) is -4.28. The summed E-state index contributed by atoms with van der Waals surface area (Å²) in [7, 11) is 1.23. The topological polar surface area (TPSA) is 125 Å². The molecule has 10 nitrogen and oxygen atoms in total. The number of alkyl halides is 3. The normalized spacial score (nSPS) is 13.2. The molecule has 2 rings (SSSR count). The molecule has 0 bridgehead atoms. The molecule has 0 saturated carbocycles. The van der Waals surface area contributed by atoms with Gasteiger partial charge in [-0.1, -0.05) is 13.3 Å². The van der Waals surface area contributed by atoms with Gasteiger partial charge < -0.3 is 19.9 Å². The number of hydrogen-bond donors (Lipinski definition) is 2. The van der Waals surface area contributed by atoms with E-state index in [-0.39, 0.29) is 31.9 Å². The summed E-state index contributed by atoms with van der Waals surface area (Å²) in [6.45, 7) is 3.65. The van der Waals surface area contributed by atoms with E-state index in [1.54, 1.807) is 24.3 Å². The van der Waals surface area contributed by atoms with Crippen LogP contribution in [0.4, 0.5) is 19.0 Å². The van der Waals surface area contributed by atoms with Gasteiger partial charge in [0.25, 0.3) is 5.56 Å². The number of benzene rings is 1. The van der Waals surface area contributed by atoms with Gasteiger partial charge in [0.2, 0.25) is 11.4 Å². The van der Waals surface area contributed by atoms with Crippen LogP contribution in [0.15, 0.2) is 33.9 Å². The number of carbonyl (C=O) groups is 1. The van der Waals surface area contributed by atoms with Crippen molar-refractivity contribution in [1.82, 2.24) is 14.3 Å². The Kier molecular flexibility index (Phi) is 9.93. The van der Waals surface area contributed by atoms with Gasteiger partial charge in [0.1, 0.15) is 11.5 Å². The summed E-state index contributed by atoms with van der Waals surface area (Å²) in [5.74, 6) is -0.255. The molecule has 0 amide bonds. The van der Waals surface area contributed by atoms with Crippen LogP contribution in [0.3, 0.4) is 0 Å². The number of hydrogen-bond acceptors (Lipinski definition) is 7. The minimum absolute atomic E-state index is 0.140. The first-order valence-electron chi connectivity index (χ1n) is 11.5. The van der Waals surface area contributed by atoms with E-state index in [1.165, 1.54) is 14.0 Å². The molecule has 2 N–H and O–H groups in total. The summed E-state index contributed by atoms with van der Waals surface area (Å²) in [6, 6.07) is 6.51. The number of aromatic nitrogens is 3. The smallest absolute Gasteiger partial charge is 0.389 e. The first-order valence-corrected chi connectivity index (χ1v) is 11.5. The number of carboxylic acid groups (broad SMARTS) is 1. The van der Waals surface area contributed by atoms with E-state index < -0.39 is 35.4 Å². The molecule has 1 unspecified atom stereocenters. The molecule has 0 aliphatic carbocycles. The first-order chi connectivity index (χ1) is 16.9. The molecule has 200 valence electrons. The molecule has 13 heteroatoms. The Bertz CT molecular complexity index is 1130. The average molecular weight is 517 g/mol. The lowest BCUT2D eigenvalue weighted by atomic mass is 10.0. The molecule has 1 aromatic heterocycles. The summed E-state index contributed by atoms with van der Waals surface area (Å²) >= 11 is 0. The van der Waals surface area contributed by atoms with E-state index in [0.717, 1.165) is 9.25 Å². The van der Waals surface area contributed by atoms with Crippen molar-refractivity contribution in [3.8, 4) is 11.5 Å². The lowest BCUT2D eigenvalue weighted by molar-refractivity contribution is -0.154. The second kappa shape index (κ2) is 12.5. The van der Waals surface area contributed by atoms with Gasteiger partial charge in [0.05, 0.1) is 6.61 Å². The maximum atomic E-state index is 12.4. The number of nitrogens with one attached hydrogen (secondary N) is 1. The van der Waals surface area contributed by atoms with Crippen LogP contribution >= 0.6 is 0 Å². The zero-order chi connectivity index (χ0) is 26.9. The summed E-state index contributed by atoms with van der Waals surface area (Å²) in [4.78, 5) is 35.8. The van der Waals surface area contributed by atoms with Gasteiger partial charge in [-0.05, 0) is 50.5 Å². The van der Waals surface area contributed by atoms with Crippen LogP contribution in [-0.2, 0) is 18.4 Å². The molecule has 2 aromatic rings. The van der Waals surface area contributed by atoms with Crippen molar-refractivity contribution in [3.63, 3.8) is 0 Å². The summed E-state index contributed by atoms with van der Waals surface area (Å²) in [5.41, 5.74) is -2.80. The van der Waals surface area contributed by atoms with Gasteiger partial charge in [0, 0.05) is 26.6 Å². The number of rotatable bonds is 14. The molecular weight excluding hydrogens is 485 g/mol. The Labute approximate surface area is 205 Å². The molecule has 1 heterocycles. The highest BCUT2D eigenvalue weighted by atomic mass is 19.4. The maximum absolute atomic E-state index is 12.4. The maximum Gasteiger partial charge on any atom is 0.389 e. The van der Waals surface area contributed by atoms with E-state index in [0.29, 0.717) is 30.8 Å². The van der Waals surface area contributed by atoms with E-state index in [9.17, 15) is 32.7 Å². The lowest BCUT2D eigenvalue weighted by Gasteiger charge is -2.26. The highest BCUT2D eigenvalue weighted by Gasteiger charge is 2.34. The van der Waals surface area contributed by atoms with Crippen molar-refractivity contribution >= 4 is 11.8 Å². The standard InChI is InChI=1S/C23H31F3N4O6/c1-4-11-22(2,20(32)33)36-17-9-7-16(8-10-17)35-15-6-13-27-18-19(31)29(3)21(34)30(28-18)14-5-12-23(24,25)26/h7-10H,4-6,11-15H2,1-3H3,(H,27,28)(H,32,33). The van der Waals surface area contributed by atoms with Crippen molar-refractivity contribution in [2.75, 3.05) is 18.5 Å². The van der Waals surface area contributed by atoms with E-state index in [2.05, 4.69) is 10.4 Å². The van der Waals surface area contributed by atoms with Gasteiger partial charge >= 0.3 is 17.8 Å². The molecule has 1 atom stereocenters. The molecule has 0 fully saturated rings. The molecule has 0 radical (unpaired) electrons. The van der Waals surface area contributed by atoms with Crippen molar-refractivity contribution < 1.29 is 32.5 Å². The molecule has 36 heavy (non-hydrogen) atoms. The van der Waals surface area contributed by atoms with E-state index in [1.807, 2.05) is 6.92 Å². The highest BCUT2D eigenvalue weighted by Crippen LogP contribution is 2.25. The van der Waals surface area contributed by atoms with E-state index >= 15 is 0 Å². The molecule has 0 saturated heterocycles. The van der Waals surface area contributed by atoms with Gasteiger partial charge in [-0.3, -0.25) is 9.36 Å². The number of halogens is 3. The summed E-state index contributed by atoms with van der Waals surface area (Å²) < 4.78 is 50.0. The Morgan fingerprint density at radius 1 is 1.11 bits per heavy atom. The van der Waals surface area contributed by atoms with Crippen LogP contribution in [0.5, 0.6) is 11.5 Å². The molecule has 0 aliphatic heterocycles. The Morgan fingerprint density at radius 2 is 1.75 bits per heavy atom. The second-order valence-corrected chi connectivity index (χ2v) is 8.43. The second-order valence-electron chi connectivity index (χ2n) is 8.43. The predicted molar refractivity (Wildman–Crippen MR) is 126 cm³/mol. The SMILES string of the molecule is CCCC(C)(Oc1ccc(OCCCNc2nn(CCCC(F)(F)F)c(=O)n(C)c2=O)cc1)C(=O)O. The van der Waals surface area contributed by atoms with Crippen LogP contribution in [-0.4, -0.2) is 50.4 Å². The van der Waals surface area contributed by atoms with Crippen LogP contribution < -0.4 is 26.0 Å². The predicted octanol–water partition coefficient (Wildman–Crippen LogP) is 3.19. The number of ether oxygens (including phenoxy) is 2. The quantitative estimate of drug-likeness (QED) is 0.367. The number of aliphatic carboxylic acids is 1. The number of aryl methyl sites for hydroxylation is 1. The van der Waals surface area contributed by atoms with Gasteiger partial charge in [-0.2, -0.15) is 13.2 Å². The number of nitrogens with zero attached hydrogens (tertiary/aromatic N) is 3. The fourth-order valence-electron chi connectivity index (χ4n) is 3.32.